The van der Waals surface area contributed by atoms with Gasteiger partial charge in [0.15, 0.2) is 0 Å². The SMILES string of the molecule is Cc1nc(N[C@@H](C)c2cc3cccc(Cl)c3c(=O)n2-c2ccccc2)c2ccccc2n1. The fourth-order valence-corrected chi connectivity index (χ4v) is 4.35. The van der Waals surface area contributed by atoms with Crippen LogP contribution < -0.4 is 10.9 Å². The van der Waals surface area contributed by atoms with Crippen molar-refractivity contribution in [2.75, 3.05) is 5.32 Å². The average Bonchev–Trinajstić information content (AvgIpc) is 2.79. The van der Waals surface area contributed by atoms with Gasteiger partial charge in [0.2, 0.25) is 0 Å². The van der Waals surface area contributed by atoms with Gasteiger partial charge in [0.1, 0.15) is 11.6 Å². The molecule has 0 fully saturated rings. The second-order valence-electron chi connectivity index (χ2n) is 7.75. The van der Waals surface area contributed by atoms with E-state index < -0.39 is 0 Å². The lowest BCUT2D eigenvalue weighted by Crippen LogP contribution is -2.26. The highest BCUT2D eigenvalue weighted by atomic mass is 35.5. The summed E-state index contributed by atoms with van der Waals surface area (Å²) in [5, 5.41) is 6.21. The molecule has 6 heteroatoms. The molecule has 158 valence electrons. The zero-order valence-electron chi connectivity index (χ0n) is 17.7. The average molecular weight is 441 g/mol. The van der Waals surface area contributed by atoms with Crippen LogP contribution in [0.1, 0.15) is 24.5 Å². The lowest BCUT2D eigenvalue weighted by Gasteiger charge is -2.22. The summed E-state index contributed by atoms with van der Waals surface area (Å²) < 4.78 is 1.72. The highest BCUT2D eigenvalue weighted by Gasteiger charge is 2.19. The minimum Gasteiger partial charge on any atom is -0.361 e. The molecular weight excluding hydrogens is 420 g/mol. The topological polar surface area (TPSA) is 59.8 Å². The predicted molar refractivity (Wildman–Crippen MR) is 131 cm³/mol. The van der Waals surface area contributed by atoms with Gasteiger partial charge >= 0.3 is 0 Å². The van der Waals surface area contributed by atoms with E-state index in [1.165, 1.54) is 0 Å². The number of rotatable bonds is 4. The number of pyridine rings is 1. The molecule has 32 heavy (non-hydrogen) atoms. The van der Waals surface area contributed by atoms with Crippen LogP contribution in [0, 0.1) is 6.92 Å². The van der Waals surface area contributed by atoms with Crippen LogP contribution in [0.25, 0.3) is 27.4 Å². The number of hydrogen-bond donors (Lipinski definition) is 1. The fraction of sp³-hybridized carbons (Fsp3) is 0.115. The zero-order valence-corrected chi connectivity index (χ0v) is 18.5. The van der Waals surface area contributed by atoms with Gasteiger partial charge in [-0.25, -0.2) is 9.97 Å². The lowest BCUT2D eigenvalue weighted by molar-refractivity contribution is 0.773. The van der Waals surface area contributed by atoms with Gasteiger partial charge in [-0.2, -0.15) is 0 Å². The van der Waals surface area contributed by atoms with Crippen molar-refractivity contribution in [3.8, 4) is 5.69 Å². The minimum absolute atomic E-state index is 0.147. The Morgan fingerprint density at radius 1 is 0.938 bits per heavy atom. The monoisotopic (exact) mass is 440 g/mol. The third-order valence-corrected chi connectivity index (χ3v) is 5.87. The largest absolute Gasteiger partial charge is 0.361 e. The van der Waals surface area contributed by atoms with Gasteiger partial charge in [0.25, 0.3) is 5.56 Å². The number of halogens is 1. The van der Waals surface area contributed by atoms with Gasteiger partial charge in [-0.05, 0) is 55.6 Å². The summed E-state index contributed by atoms with van der Waals surface area (Å²) in [4.78, 5) is 22.8. The molecule has 0 unspecified atom stereocenters. The first-order chi connectivity index (χ1) is 15.5. The molecule has 2 aromatic heterocycles. The van der Waals surface area contributed by atoms with E-state index in [1.807, 2.05) is 86.6 Å². The van der Waals surface area contributed by atoms with Crippen molar-refractivity contribution in [3.05, 3.63) is 106 Å². The summed E-state index contributed by atoms with van der Waals surface area (Å²) in [6.07, 6.45) is 0. The molecule has 0 aliphatic carbocycles. The van der Waals surface area contributed by atoms with Crippen LogP contribution in [0.15, 0.2) is 83.7 Å². The quantitative estimate of drug-likeness (QED) is 0.368. The van der Waals surface area contributed by atoms with Gasteiger partial charge in [-0.3, -0.25) is 9.36 Å². The number of aryl methyl sites for hydroxylation is 1. The molecular formula is C26H21ClN4O. The van der Waals surface area contributed by atoms with Gasteiger partial charge in [0.05, 0.1) is 22.0 Å². The summed E-state index contributed by atoms with van der Waals surface area (Å²) >= 11 is 6.42. The second kappa shape index (κ2) is 8.09. The second-order valence-corrected chi connectivity index (χ2v) is 8.16. The Kier molecular flexibility index (Phi) is 5.11. The van der Waals surface area contributed by atoms with E-state index in [0.29, 0.717) is 16.2 Å². The Balaban J connectivity index is 1.71. The van der Waals surface area contributed by atoms with Crippen LogP contribution in [0.4, 0.5) is 5.82 Å². The number of nitrogens with one attached hydrogen (secondary N) is 1. The minimum atomic E-state index is -0.219. The summed E-state index contributed by atoms with van der Waals surface area (Å²) in [5.41, 5.74) is 2.33. The summed E-state index contributed by atoms with van der Waals surface area (Å²) in [5.74, 6) is 1.42. The number of hydrogen-bond acceptors (Lipinski definition) is 4. The van der Waals surface area contributed by atoms with E-state index in [-0.39, 0.29) is 11.6 Å². The van der Waals surface area contributed by atoms with Crippen LogP contribution in [-0.2, 0) is 0 Å². The van der Waals surface area contributed by atoms with Crippen LogP contribution in [0.2, 0.25) is 5.02 Å². The molecule has 1 N–H and O–H groups in total. The molecule has 2 heterocycles. The molecule has 0 saturated heterocycles. The predicted octanol–water partition coefficient (Wildman–Crippen LogP) is 6.07. The number of fused-ring (bicyclic) bond motifs is 2. The van der Waals surface area contributed by atoms with E-state index >= 15 is 0 Å². The first-order valence-electron chi connectivity index (χ1n) is 10.4. The maximum absolute atomic E-state index is 13.6. The highest BCUT2D eigenvalue weighted by Crippen LogP contribution is 2.28. The number of nitrogens with zero attached hydrogens (tertiary/aromatic N) is 3. The number of anilines is 1. The Morgan fingerprint density at radius 3 is 2.50 bits per heavy atom. The van der Waals surface area contributed by atoms with E-state index in [2.05, 4.69) is 15.3 Å². The third-order valence-electron chi connectivity index (χ3n) is 5.55. The molecule has 1 atom stereocenters. The summed E-state index contributed by atoms with van der Waals surface area (Å²) in [7, 11) is 0. The number of para-hydroxylation sites is 2. The molecule has 0 amide bonds. The molecule has 0 spiro atoms. The van der Waals surface area contributed by atoms with Crippen molar-refractivity contribution in [1.82, 2.24) is 14.5 Å². The van der Waals surface area contributed by atoms with E-state index in [4.69, 9.17) is 11.6 Å². The Hall–Kier alpha value is -3.70. The van der Waals surface area contributed by atoms with E-state index in [1.54, 1.807) is 10.6 Å². The highest BCUT2D eigenvalue weighted by molar-refractivity contribution is 6.35. The Morgan fingerprint density at radius 2 is 1.69 bits per heavy atom. The standard InChI is InChI=1S/C26H21ClN4O/c1-16(28-25-20-12-6-7-14-22(20)29-17(2)30-25)23-15-18-9-8-13-21(27)24(18)26(32)31(23)19-10-4-3-5-11-19/h3-16H,1-2H3,(H,28,29,30)/t16-/m0/s1. The Bertz CT molecular complexity index is 1510. The van der Waals surface area contributed by atoms with Crippen molar-refractivity contribution < 1.29 is 0 Å². The van der Waals surface area contributed by atoms with Crippen molar-refractivity contribution >= 4 is 39.1 Å². The molecule has 5 nitrogen and oxygen atoms in total. The van der Waals surface area contributed by atoms with Gasteiger partial charge < -0.3 is 5.32 Å². The molecule has 3 aromatic carbocycles. The molecule has 0 radical (unpaired) electrons. The fourth-order valence-electron chi connectivity index (χ4n) is 4.08. The van der Waals surface area contributed by atoms with Crippen LogP contribution in [0.3, 0.4) is 0 Å². The zero-order chi connectivity index (χ0) is 22.2. The van der Waals surface area contributed by atoms with Crippen LogP contribution in [0.5, 0.6) is 0 Å². The summed E-state index contributed by atoms with van der Waals surface area (Å²) in [6, 6.07) is 24.8. The van der Waals surface area contributed by atoms with Crippen molar-refractivity contribution in [2.24, 2.45) is 0 Å². The molecule has 0 bridgehead atoms. The normalized spacial score (nSPS) is 12.2. The number of aromatic nitrogens is 3. The van der Waals surface area contributed by atoms with Crippen molar-refractivity contribution in [3.63, 3.8) is 0 Å². The smallest absolute Gasteiger partial charge is 0.264 e. The molecule has 0 saturated carbocycles. The third kappa shape index (κ3) is 3.51. The number of benzene rings is 3. The molecule has 0 aliphatic heterocycles. The van der Waals surface area contributed by atoms with Crippen molar-refractivity contribution in [2.45, 2.75) is 19.9 Å². The molecule has 0 aliphatic rings. The molecule has 5 aromatic rings. The van der Waals surface area contributed by atoms with Gasteiger partial charge in [0, 0.05) is 16.8 Å². The molecule has 5 rings (SSSR count). The lowest BCUT2D eigenvalue weighted by atomic mass is 10.1. The van der Waals surface area contributed by atoms with E-state index in [0.717, 1.165) is 33.5 Å². The Labute approximate surface area is 190 Å². The van der Waals surface area contributed by atoms with Gasteiger partial charge in [-0.15, -0.1) is 0 Å². The van der Waals surface area contributed by atoms with E-state index in [9.17, 15) is 4.79 Å². The van der Waals surface area contributed by atoms with Crippen molar-refractivity contribution in [1.29, 1.82) is 0 Å². The van der Waals surface area contributed by atoms with Gasteiger partial charge in [-0.1, -0.05) is 54.1 Å². The van der Waals surface area contributed by atoms with Crippen LogP contribution in [-0.4, -0.2) is 14.5 Å². The first kappa shape index (κ1) is 20.2. The maximum atomic E-state index is 13.6. The van der Waals surface area contributed by atoms with Crippen LogP contribution >= 0.6 is 11.6 Å². The first-order valence-corrected chi connectivity index (χ1v) is 10.8. The summed E-state index contributed by atoms with van der Waals surface area (Å²) in [6.45, 7) is 3.90. The maximum Gasteiger partial charge on any atom is 0.264 e.